The van der Waals surface area contributed by atoms with E-state index in [1.54, 1.807) is 12.1 Å². The van der Waals surface area contributed by atoms with Crippen molar-refractivity contribution in [1.82, 2.24) is 4.98 Å². The van der Waals surface area contributed by atoms with E-state index in [1.807, 2.05) is 6.92 Å². The lowest BCUT2D eigenvalue weighted by Crippen LogP contribution is -1.97. The van der Waals surface area contributed by atoms with E-state index in [4.69, 9.17) is 0 Å². The summed E-state index contributed by atoms with van der Waals surface area (Å²) in [6, 6.07) is 6.67. The van der Waals surface area contributed by atoms with E-state index < -0.39 is 17.7 Å². The Morgan fingerprint density at radius 2 is 2.00 bits per heavy atom. The molecular weight excluding hydrogens is 236 g/mol. The molecule has 4 heteroatoms. The van der Waals surface area contributed by atoms with E-state index in [0.717, 1.165) is 6.07 Å². The van der Waals surface area contributed by atoms with Gasteiger partial charge in [0.2, 0.25) is 0 Å². The lowest BCUT2D eigenvalue weighted by Gasteiger charge is -2.08. The normalized spacial score (nSPS) is 12.4. The number of aromatic nitrogens is 1. The van der Waals surface area contributed by atoms with Gasteiger partial charge in [-0.1, -0.05) is 13.0 Å². The maximum Gasteiger partial charge on any atom is 0.135 e. The summed E-state index contributed by atoms with van der Waals surface area (Å²) in [6.07, 6.45) is 1.53. The summed E-state index contributed by atoms with van der Waals surface area (Å²) < 4.78 is 26.3. The van der Waals surface area contributed by atoms with Gasteiger partial charge in [-0.25, -0.2) is 8.78 Å². The largest absolute Gasteiger partial charge is 0.388 e. The van der Waals surface area contributed by atoms with Crippen LogP contribution in [0.15, 0.2) is 36.5 Å². The molecular formula is C14H13F2NO. The van der Waals surface area contributed by atoms with Crippen LogP contribution in [0.25, 0.3) is 11.3 Å². The zero-order chi connectivity index (χ0) is 13.1. The van der Waals surface area contributed by atoms with Gasteiger partial charge in [-0.15, -0.1) is 0 Å². The lowest BCUT2D eigenvalue weighted by molar-refractivity contribution is 0.173. The molecule has 0 amide bonds. The van der Waals surface area contributed by atoms with E-state index in [2.05, 4.69) is 4.98 Å². The van der Waals surface area contributed by atoms with Crippen LogP contribution in [0.5, 0.6) is 0 Å². The highest BCUT2D eigenvalue weighted by Gasteiger charge is 2.09. The molecule has 0 saturated carbocycles. The number of rotatable bonds is 3. The summed E-state index contributed by atoms with van der Waals surface area (Å²) in [5.41, 5.74) is 1.34. The molecule has 1 aromatic heterocycles. The SMILES string of the molecule is CCC(O)c1ccc(-c2ccc(F)cc2F)nc1. The van der Waals surface area contributed by atoms with Gasteiger partial charge in [-0.2, -0.15) is 0 Å². The van der Waals surface area contributed by atoms with Crippen molar-refractivity contribution in [2.75, 3.05) is 0 Å². The lowest BCUT2D eigenvalue weighted by atomic mass is 10.1. The zero-order valence-electron chi connectivity index (χ0n) is 9.90. The van der Waals surface area contributed by atoms with Crippen LogP contribution in [0.3, 0.4) is 0 Å². The van der Waals surface area contributed by atoms with Crippen LogP contribution in [0.4, 0.5) is 8.78 Å². The van der Waals surface area contributed by atoms with Crippen LogP contribution in [0.1, 0.15) is 25.0 Å². The molecule has 2 rings (SSSR count). The Kier molecular flexibility index (Phi) is 3.67. The minimum atomic E-state index is -0.647. The maximum absolute atomic E-state index is 13.5. The first-order valence-electron chi connectivity index (χ1n) is 5.71. The highest BCUT2D eigenvalue weighted by molar-refractivity contribution is 5.59. The maximum atomic E-state index is 13.5. The second-order valence-electron chi connectivity index (χ2n) is 4.02. The number of hydrogen-bond donors (Lipinski definition) is 1. The topological polar surface area (TPSA) is 33.1 Å². The number of pyridine rings is 1. The van der Waals surface area contributed by atoms with Crippen molar-refractivity contribution < 1.29 is 13.9 Å². The summed E-state index contributed by atoms with van der Waals surface area (Å²) >= 11 is 0. The number of benzene rings is 1. The Balaban J connectivity index is 2.34. The molecule has 18 heavy (non-hydrogen) atoms. The first-order valence-corrected chi connectivity index (χ1v) is 5.71. The van der Waals surface area contributed by atoms with Crippen molar-refractivity contribution in [2.45, 2.75) is 19.4 Å². The molecule has 0 bridgehead atoms. The van der Waals surface area contributed by atoms with Crippen LogP contribution >= 0.6 is 0 Å². The zero-order valence-corrected chi connectivity index (χ0v) is 9.90. The van der Waals surface area contributed by atoms with Gasteiger partial charge in [-0.3, -0.25) is 4.98 Å². The van der Waals surface area contributed by atoms with Crippen LogP contribution in [-0.4, -0.2) is 10.1 Å². The smallest absolute Gasteiger partial charge is 0.135 e. The standard InChI is InChI=1S/C14H13F2NO/c1-2-14(18)9-3-6-13(17-8-9)11-5-4-10(15)7-12(11)16/h3-8,14,18H,2H2,1H3. The third-order valence-electron chi connectivity index (χ3n) is 2.76. The molecule has 2 aromatic rings. The second kappa shape index (κ2) is 5.23. The van der Waals surface area contributed by atoms with E-state index in [1.165, 1.54) is 18.3 Å². The first kappa shape index (κ1) is 12.6. The van der Waals surface area contributed by atoms with Gasteiger partial charge < -0.3 is 5.11 Å². The fourth-order valence-corrected chi connectivity index (χ4v) is 1.69. The summed E-state index contributed by atoms with van der Waals surface area (Å²) in [4.78, 5) is 4.09. The quantitative estimate of drug-likeness (QED) is 0.903. The van der Waals surface area contributed by atoms with Gasteiger partial charge in [0.05, 0.1) is 11.8 Å². The van der Waals surface area contributed by atoms with Crippen molar-refractivity contribution in [3.63, 3.8) is 0 Å². The number of hydrogen-bond acceptors (Lipinski definition) is 2. The van der Waals surface area contributed by atoms with Crippen LogP contribution in [-0.2, 0) is 0 Å². The average Bonchev–Trinajstić information content (AvgIpc) is 2.38. The third-order valence-corrected chi connectivity index (χ3v) is 2.76. The van der Waals surface area contributed by atoms with Gasteiger partial charge in [0.25, 0.3) is 0 Å². The molecule has 0 spiro atoms. The number of halogens is 2. The van der Waals surface area contributed by atoms with Crippen molar-refractivity contribution in [3.05, 3.63) is 53.7 Å². The van der Waals surface area contributed by atoms with Crippen LogP contribution < -0.4 is 0 Å². The second-order valence-corrected chi connectivity index (χ2v) is 4.02. The van der Waals surface area contributed by atoms with Crippen molar-refractivity contribution in [2.24, 2.45) is 0 Å². The van der Waals surface area contributed by atoms with Crippen LogP contribution in [0.2, 0.25) is 0 Å². The predicted octanol–water partition coefficient (Wildman–Crippen LogP) is 3.47. The fraction of sp³-hybridized carbons (Fsp3) is 0.214. The van der Waals surface area contributed by atoms with Gasteiger partial charge in [0.1, 0.15) is 11.6 Å². The Morgan fingerprint density at radius 3 is 2.56 bits per heavy atom. The highest BCUT2D eigenvalue weighted by atomic mass is 19.1. The van der Waals surface area contributed by atoms with Crippen molar-refractivity contribution in [1.29, 1.82) is 0 Å². The first-order chi connectivity index (χ1) is 8.61. The minimum absolute atomic E-state index is 0.244. The fourth-order valence-electron chi connectivity index (χ4n) is 1.69. The molecule has 0 aliphatic rings. The number of nitrogens with zero attached hydrogens (tertiary/aromatic N) is 1. The molecule has 1 aromatic carbocycles. The van der Waals surface area contributed by atoms with Crippen molar-refractivity contribution >= 4 is 0 Å². The van der Waals surface area contributed by atoms with E-state index in [-0.39, 0.29) is 5.56 Å². The predicted molar refractivity (Wildman–Crippen MR) is 64.8 cm³/mol. The Bertz CT molecular complexity index is 540. The van der Waals surface area contributed by atoms with Gasteiger partial charge in [-0.05, 0) is 30.2 Å². The molecule has 0 saturated heterocycles. The molecule has 1 unspecified atom stereocenters. The number of aliphatic hydroxyl groups is 1. The molecule has 0 aliphatic heterocycles. The molecule has 1 atom stereocenters. The number of aliphatic hydroxyl groups excluding tert-OH is 1. The molecule has 0 aliphatic carbocycles. The van der Waals surface area contributed by atoms with E-state index in [0.29, 0.717) is 17.7 Å². The Morgan fingerprint density at radius 1 is 1.22 bits per heavy atom. The molecule has 2 nitrogen and oxygen atoms in total. The Labute approximate surface area is 104 Å². The van der Waals surface area contributed by atoms with E-state index in [9.17, 15) is 13.9 Å². The third kappa shape index (κ3) is 2.54. The van der Waals surface area contributed by atoms with Crippen molar-refractivity contribution in [3.8, 4) is 11.3 Å². The van der Waals surface area contributed by atoms with E-state index >= 15 is 0 Å². The average molecular weight is 249 g/mol. The molecule has 0 fully saturated rings. The highest BCUT2D eigenvalue weighted by Crippen LogP contribution is 2.23. The van der Waals surface area contributed by atoms with Crippen LogP contribution in [0, 0.1) is 11.6 Å². The summed E-state index contributed by atoms with van der Waals surface area (Å²) in [5.74, 6) is -1.26. The minimum Gasteiger partial charge on any atom is -0.388 e. The summed E-state index contributed by atoms with van der Waals surface area (Å²) in [5, 5.41) is 9.62. The molecule has 0 radical (unpaired) electrons. The molecule has 1 heterocycles. The van der Waals surface area contributed by atoms with Gasteiger partial charge in [0, 0.05) is 17.8 Å². The monoisotopic (exact) mass is 249 g/mol. The Hall–Kier alpha value is -1.81. The summed E-state index contributed by atoms with van der Waals surface area (Å²) in [6.45, 7) is 1.86. The van der Waals surface area contributed by atoms with Gasteiger partial charge >= 0.3 is 0 Å². The molecule has 94 valence electrons. The van der Waals surface area contributed by atoms with Gasteiger partial charge in [0.15, 0.2) is 0 Å². The molecule has 1 N–H and O–H groups in total. The summed E-state index contributed by atoms with van der Waals surface area (Å²) in [7, 11) is 0.